The monoisotopic (exact) mass is 989 g/mol. The van der Waals surface area contributed by atoms with E-state index in [-0.39, 0.29) is 81.7 Å². The third-order valence-electron chi connectivity index (χ3n) is 11.3. The maximum Gasteiger partial charge on any atom is 0.407 e. The molecule has 380 valence electrons. The Morgan fingerprint density at radius 3 is 2.06 bits per heavy atom. The first-order valence-electron chi connectivity index (χ1n) is 23.6. The van der Waals surface area contributed by atoms with Crippen molar-refractivity contribution < 1.29 is 47.7 Å². The summed E-state index contributed by atoms with van der Waals surface area (Å²) in [5.74, 6) is -1.04. The zero-order valence-electron chi connectivity index (χ0n) is 41.2. The first-order chi connectivity index (χ1) is 34.7. The van der Waals surface area contributed by atoms with Crippen LogP contribution in [0.1, 0.15) is 82.6 Å². The molecule has 23 nitrogen and oxygen atoms in total. The van der Waals surface area contributed by atoms with Gasteiger partial charge in [0.15, 0.2) is 5.82 Å². The number of carbonyl (C=O) groups excluding carboxylic acids is 5. The van der Waals surface area contributed by atoms with Crippen LogP contribution in [-0.4, -0.2) is 120 Å². The Morgan fingerprint density at radius 2 is 1.38 bits per heavy atom. The SMILES string of the molecule is CCOC(=O)CCNC(=O)OCCCOc1cc(C(N)=O)cc2nc(NC(=O)c3cc(C)nn3CC)n(C/C=C/Cn3c4nc(-c5cc(C)nn5CC)ncc4c4cc(C(N)=O)cc(OCCCOC)c43)c12. The van der Waals surface area contributed by atoms with Crippen molar-refractivity contribution in [2.24, 2.45) is 11.5 Å². The predicted octanol–water partition coefficient (Wildman–Crippen LogP) is 5.22. The lowest BCUT2D eigenvalue weighted by Gasteiger charge is -2.13. The van der Waals surface area contributed by atoms with E-state index in [1.54, 1.807) is 54.6 Å². The molecule has 0 atom stereocenters. The molecule has 5 heterocycles. The highest BCUT2D eigenvalue weighted by atomic mass is 16.6. The molecule has 4 amide bonds. The van der Waals surface area contributed by atoms with Crippen molar-refractivity contribution in [2.45, 2.75) is 80.1 Å². The van der Waals surface area contributed by atoms with Crippen LogP contribution >= 0.6 is 0 Å². The van der Waals surface area contributed by atoms with Crippen molar-refractivity contribution in [1.29, 1.82) is 0 Å². The number of methoxy groups -OCH3 is 1. The smallest absolute Gasteiger partial charge is 0.407 e. The van der Waals surface area contributed by atoms with Gasteiger partial charge in [-0.1, -0.05) is 12.2 Å². The second-order valence-electron chi connectivity index (χ2n) is 16.4. The van der Waals surface area contributed by atoms with Gasteiger partial charge >= 0.3 is 12.1 Å². The Hall–Kier alpha value is -8.34. The molecule has 0 spiro atoms. The van der Waals surface area contributed by atoms with E-state index in [0.29, 0.717) is 82.0 Å². The van der Waals surface area contributed by atoms with Gasteiger partial charge in [0.1, 0.15) is 34.1 Å². The number of aromatic nitrogens is 9. The number of benzene rings is 2. The van der Waals surface area contributed by atoms with Crippen molar-refractivity contribution in [1.82, 2.24) is 49.0 Å². The van der Waals surface area contributed by atoms with E-state index >= 15 is 0 Å². The van der Waals surface area contributed by atoms with Gasteiger partial charge in [-0.25, -0.2) is 19.7 Å². The number of primary amides is 2. The molecule has 72 heavy (non-hydrogen) atoms. The number of aryl methyl sites for hydroxylation is 4. The number of esters is 1. The van der Waals surface area contributed by atoms with E-state index in [0.717, 1.165) is 11.4 Å². The van der Waals surface area contributed by atoms with Crippen molar-refractivity contribution in [2.75, 3.05) is 52.0 Å². The van der Waals surface area contributed by atoms with Crippen molar-refractivity contribution in [3.8, 4) is 23.0 Å². The van der Waals surface area contributed by atoms with Crippen LogP contribution in [0.3, 0.4) is 0 Å². The largest absolute Gasteiger partial charge is 0.491 e. The number of nitrogens with zero attached hydrogens (tertiary/aromatic N) is 9. The molecule has 0 saturated carbocycles. The fourth-order valence-electron chi connectivity index (χ4n) is 8.08. The van der Waals surface area contributed by atoms with Gasteiger partial charge < -0.3 is 49.6 Å². The fraction of sp³-hybridized carbons (Fsp3) is 0.388. The number of ether oxygens (including phenoxy) is 5. The van der Waals surface area contributed by atoms with Crippen LogP contribution < -0.4 is 31.6 Å². The molecular formula is C49H59N13O10. The van der Waals surface area contributed by atoms with Crippen LogP contribution in [0.4, 0.5) is 10.7 Å². The average molecular weight is 990 g/mol. The summed E-state index contributed by atoms with van der Waals surface area (Å²) in [6.07, 6.45) is 5.63. The van der Waals surface area contributed by atoms with E-state index in [1.807, 2.05) is 48.2 Å². The predicted molar refractivity (Wildman–Crippen MR) is 266 cm³/mol. The van der Waals surface area contributed by atoms with E-state index in [1.165, 1.54) is 12.1 Å². The van der Waals surface area contributed by atoms with E-state index < -0.39 is 29.8 Å². The molecule has 0 unspecified atom stereocenters. The van der Waals surface area contributed by atoms with Gasteiger partial charge in [-0.3, -0.25) is 33.9 Å². The lowest BCUT2D eigenvalue weighted by atomic mass is 10.1. The number of hydrogen-bond donors (Lipinski definition) is 4. The lowest BCUT2D eigenvalue weighted by molar-refractivity contribution is -0.142. The van der Waals surface area contributed by atoms with Gasteiger partial charge in [0.05, 0.1) is 55.3 Å². The van der Waals surface area contributed by atoms with E-state index in [9.17, 15) is 24.0 Å². The highest BCUT2D eigenvalue weighted by Gasteiger charge is 2.24. The number of carbonyl (C=O) groups is 5. The third-order valence-corrected chi connectivity index (χ3v) is 11.3. The summed E-state index contributed by atoms with van der Waals surface area (Å²) in [4.78, 5) is 77.8. The summed E-state index contributed by atoms with van der Waals surface area (Å²) in [6.45, 7) is 11.7. The summed E-state index contributed by atoms with van der Waals surface area (Å²) in [5.41, 5.74) is 16.4. The molecule has 2 aromatic carbocycles. The van der Waals surface area contributed by atoms with Crippen LogP contribution in [0.25, 0.3) is 44.5 Å². The molecule has 5 aromatic heterocycles. The van der Waals surface area contributed by atoms with Crippen molar-refractivity contribution in [3.05, 3.63) is 83.0 Å². The van der Waals surface area contributed by atoms with Gasteiger partial charge in [-0.05, 0) is 71.0 Å². The standard InChI is InChI=1S/C49H59N13O10/c1-7-61-36(22-29(4)57-61)45-53-28-34-33-24-31(43(50)64)26-38(70-19-12-18-68-6)41(33)59(46(34)55-45)16-10-11-17-60-42-35(54-48(60)56-47(66)37-23-30(5)58-62(37)8-2)25-32(44(51)65)27-39(42)71-20-13-21-72-49(67)52-15-14-40(63)69-9-3/h10-11,22-28H,7-9,12-21H2,1-6H3,(H2,50,64)(H2,51,65)(H,52,67)(H,54,56,66)/b11-10+. The zero-order chi connectivity index (χ0) is 51.5. The molecule has 0 aliphatic heterocycles. The van der Waals surface area contributed by atoms with Gasteiger partial charge in [0.25, 0.3) is 5.91 Å². The molecule has 0 fully saturated rings. The van der Waals surface area contributed by atoms with Gasteiger partial charge in [0, 0.05) is 87.4 Å². The number of alkyl carbamates (subject to hydrolysis) is 1. The molecule has 7 rings (SSSR count). The van der Waals surface area contributed by atoms with E-state index in [2.05, 4.69) is 20.8 Å². The molecule has 6 N–H and O–H groups in total. The van der Waals surface area contributed by atoms with E-state index in [4.69, 9.17) is 50.1 Å². The molecule has 0 saturated heterocycles. The minimum absolute atomic E-state index is 0.00125. The quantitative estimate of drug-likeness (QED) is 0.0324. The number of hydrogen-bond acceptors (Lipinski definition) is 15. The normalized spacial score (nSPS) is 11.5. The molecule has 0 aliphatic carbocycles. The number of anilines is 1. The Kier molecular flexibility index (Phi) is 16.8. The summed E-state index contributed by atoms with van der Waals surface area (Å²) >= 11 is 0. The Morgan fingerprint density at radius 1 is 0.722 bits per heavy atom. The lowest BCUT2D eigenvalue weighted by Crippen LogP contribution is -2.27. The summed E-state index contributed by atoms with van der Waals surface area (Å²) in [7, 11) is 1.61. The van der Waals surface area contributed by atoms with Crippen molar-refractivity contribution in [3.63, 3.8) is 0 Å². The first kappa shape index (κ1) is 51.5. The average Bonchev–Trinajstić information content (AvgIpc) is 4.12. The number of amides is 4. The maximum atomic E-state index is 14.0. The molecular weight excluding hydrogens is 931 g/mol. The van der Waals surface area contributed by atoms with Gasteiger partial charge in [-0.15, -0.1) is 0 Å². The number of nitrogens with one attached hydrogen (secondary N) is 2. The van der Waals surface area contributed by atoms with Crippen LogP contribution in [0.5, 0.6) is 11.5 Å². The van der Waals surface area contributed by atoms with Crippen molar-refractivity contribution >= 4 is 68.7 Å². The van der Waals surface area contributed by atoms with Crippen LogP contribution in [0.15, 0.2) is 54.7 Å². The molecule has 23 heteroatoms. The Bertz CT molecular complexity index is 3170. The third kappa shape index (κ3) is 11.8. The minimum Gasteiger partial charge on any atom is -0.491 e. The van der Waals surface area contributed by atoms with Crippen LogP contribution in [0.2, 0.25) is 0 Å². The maximum absolute atomic E-state index is 14.0. The summed E-state index contributed by atoms with van der Waals surface area (Å²) in [5, 5.41) is 15.8. The second-order valence-corrected chi connectivity index (χ2v) is 16.4. The number of imidazole rings is 1. The van der Waals surface area contributed by atoms with Crippen LogP contribution in [-0.2, 0) is 45.2 Å². The minimum atomic E-state index is -0.732. The number of fused-ring (bicyclic) bond motifs is 4. The fourth-order valence-corrected chi connectivity index (χ4v) is 8.08. The van der Waals surface area contributed by atoms with Gasteiger partial charge in [0.2, 0.25) is 17.8 Å². The molecule has 7 aromatic rings. The van der Waals surface area contributed by atoms with Gasteiger partial charge in [-0.2, -0.15) is 10.2 Å². The Balaban J connectivity index is 1.26. The second kappa shape index (κ2) is 23.5. The van der Waals surface area contributed by atoms with Crippen LogP contribution in [0, 0.1) is 13.8 Å². The first-order valence-corrected chi connectivity index (χ1v) is 23.6. The number of nitrogens with two attached hydrogens (primary N) is 2. The topological polar surface area (TPSA) is 292 Å². The number of allylic oxidation sites excluding steroid dienone is 2. The highest BCUT2D eigenvalue weighted by molar-refractivity contribution is 6.12. The summed E-state index contributed by atoms with van der Waals surface area (Å²) in [6, 6.07) is 9.93. The zero-order valence-corrected chi connectivity index (χ0v) is 41.2. The Labute approximate surface area is 413 Å². The summed E-state index contributed by atoms with van der Waals surface area (Å²) < 4.78 is 35.1. The highest BCUT2D eigenvalue weighted by Crippen LogP contribution is 2.37. The molecule has 0 radical (unpaired) electrons. The number of rotatable bonds is 25. The molecule has 0 bridgehead atoms. The molecule has 0 aliphatic rings.